The number of halogens is 1. The molecule has 4 nitrogen and oxygen atoms in total. The molecule has 0 atom stereocenters. The van der Waals surface area contributed by atoms with Crippen LogP contribution in [0.2, 0.25) is 0 Å². The van der Waals surface area contributed by atoms with E-state index in [0.717, 1.165) is 6.20 Å². The summed E-state index contributed by atoms with van der Waals surface area (Å²) >= 11 is 0. The molecule has 16 heavy (non-hydrogen) atoms. The molecule has 0 aliphatic rings. The monoisotopic (exact) mass is 218 g/mol. The van der Waals surface area contributed by atoms with Gasteiger partial charge in [-0.1, -0.05) is 12.1 Å². The highest BCUT2D eigenvalue weighted by Crippen LogP contribution is 2.19. The fourth-order valence-electron chi connectivity index (χ4n) is 1.27. The van der Waals surface area contributed by atoms with Gasteiger partial charge < -0.3 is 5.11 Å². The Morgan fingerprint density at radius 2 is 2.00 bits per heavy atom. The summed E-state index contributed by atoms with van der Waals surface area (Å²) in [7, 11) is 0. The Labute approximate surface area is 90.4 Å². The first-order chi connectivity index (χ1) is 7.68. The topological polar surface area (TPSA) is 63.1 Å². The Balaban J connectivity index is 2.53. The molecule has 80 valence electrons. The summed E-state index contributed by atoms with van der Waals surface area (Å²) in [5, 5.41) is 8.73. The molecule has 1 N–H and O–H groups in total. The molecule has 0 fully saturated rings. The first-order valence-electron chi connectivity index (χ1n) is 4.49. The molecule has 1 aromatic heterocycles. The lowest BCUT2D eigenvalue weighted by Crippen LogP contribution is -2.02. The molecule has 1 aromatic carbocycles. The van der Waals surface area contributed by atoms with Crippen molar-refractivity contribution < 1.29 is 14.3 Å². The van der Waals surface area contributed by atoms with Gasteiger partial charge in [-0.2, -0.15) is 0 Å². The minimum absolute atomic E-state index is 0.206. The third-order valence-electron chi connectivity index (χ3n) is 2.00. The molecular formula is C11H7FN2O2. The van der Waals surface area contributed by atoms with Crippen LogP contribution in [-0.4, -0.2) is 21.0 Å². The van der Waals surface area contributed by atoms with Crippen molar-refractivity contribution in [2.45, 2.75) is 0 Å². The lowest BCUT2D eigenvalue weighted by atomic mass is 10.1. The van der Waals surface area contributed by atoms with E-state index in [1.807, 2.05) is 0 Å². The summed E-state index contributed by atoms with van der Waals surface area (Å²) in [4.78, 5) is 18.2. The van der Waals surface area contributed by atoms with Crippen LogP contribution in [0.4, 0.5) is 4.39 Å². The van der Waals surface area contributed by atoms with E-state index >= 15 is 0 Å². The number of carboxylic acids is 1. The van der Waals surface area contributed by atoms with E-state index in [2.05, 4.69) is 9.97 Å². The molecule has 0 aliphatic heterocycles. The Morgan fingerprint density at radius 3 is 2.69 bits per heavy atom. The summed E-state index contributed by atoms with van der Waals surface area (Å²) in [6, 6.07) is 6.00. The van der Waals surface area contributed by atoms with Crippen LogP contribution < -0.4 is 0 Å². The highest BCUT2D eigenvalue weighted by molar-refractivity contribution is 5.85. The van der Waals surface area contributed by atoms with Crippen molar-refractivity contribution in [1.82, 2.24) is 9.97 Å². The van der Waals surface area contributed by atoms with Gasteiger partial charge >= 0.3 is 5.97 Å². The van der Waals surface area contributed by atoms with Crippen molar-refractivity contribution in [2.75, 3.05) is 0 Å². The average molecular weight is 218 g/mol. The van der Waals surface area contributed by atoms with Gasteiger partial charge in [-0.25, -0.2) is 14.2 Å². The molecule has 0 unspecified atom stereocenters. The first kappa shape index (κ1) is 10.2. The Hall–Kier alpha value is -2.30. The molecule has 1 heterocycles. The number of rotatable bonds is 2. The summed E-state index contributed by atoms with van der Waals surface area (Å²) in [5.41, 5.74) is 0.233. The molecule has 2 rings (SSSR count). The lowest BCUT2D eigenvalue weighted by molar-refractivity contribution is 0.0690. The molecule has 0 bridgehead atoms. The average Bonchev–Trinajstić information content (AvgIpc) is 2.30. The Kier molecular flexibility index (Phi) is 2.59. The van der Waals surface area contributed by atoms with Crippen LogP contribution in [0.5, 0.6) is 0 Å². The maximum atomic E-state index is 13.4. The van der Waals surface area contributed by atoms with E-state index in [9.17, 15) is 9.18 Å². The van der Waals surface area contributed by atoms with Crippen LogP contribution in [0.3, 0.4) is 0 Å². The Morgan fingerprint density at radius 1 is 1.25 bits per heavy atom. The van der Waals surface area contributed by atoms with Crippen molar-refractivity contribution in [3.8, 4) is 11.3 Å². The maximum absolute atomic E-state index is 13.4. The number of aromatic nitrogens is 2. The second-order valence-electron chi connectivity index (χ2n) is 3.07. The van der Waals surface area contributed by atoms with Gasteiger partial charge in [-0.3, -0.25) is 4.98 Å². The highest BCUT2D eigenvalue weighted by Gasteiger charge is 2.10. The van der Waals surface area contributed by atoms with Gasteiger partial charge in [0.15, 0.2) is 5.69 Å². The summed E-state index contributed by atoms with van der Waals surface area (Å²) in [6.07, 6.45) is 2.44. The standard InChI is InChI=1S/C11H7FN2O2/c12-8-4-2-1-3-7(8)9-5-13-6-10(14-9)11(15)16/h1-6H,(H,15,16). The fraction of sp³-hybridized carbons (Fsp3) is 0. The van der Waals surface area contributed by atoms with Gasteiger partial charge in [0.05, 0.1) is 18.1 Å². The van der Waals surface area contributed by atoms with E-state index in [1.165, 1.54) is 18.3 Å². The van der Waals surface area contributed by atoms with Crippen molar-refractivity contribution >= 4 is 5.97 Å². The molecule has 5 heteroatoms. The van der Waals surface area contributed by atoms with Gasteiger partial charge in [0.2, 0.25) is 0 Å². The van der Waals surface area contributed by atoms with E-state index in [0.29, 0.717) is 0 Å². The SMILES string of the molecule is O=C(O)c1cncc(-c2ccccc2F)n1. The molecule has 0 aliphatic carbocycles. The van der Waals surface area contributed by atoms with Crippen LogP contribution in [0.15, 0.2) is 36.7 Å². The zero-order chi connectivity index (χ0) is 11.5. The van der Waals surface area contributed by atoms with E-state index in [1.54, 1.807) is 12.1 Å². The smallest absolute Gasteiger partial charge is 0.356 e. The Bertz CT molecular complexity index is 543. The van der Waals surface area contributed by atoms with Crippen molar-refractivity contribution in [3.05, 3.63) is 48.2 Å². The number of carboxylic acid groups (broad SMARTS) is 1. The second kappa shape index (κ2) is 4.06. The van der Waals surface area contributed by atoms with Gasteiger partial charge in [0.1, 0.15) is 5.82 Å². The fourth-order valence-corrected chi connectivity index (χ4v) is 1.27. The first-order valence-corrected chi connectivity index (χ1v) is 4.49. The number of nitrogens with zero attached hydrogens (tertiary/aromatic N) is 2. The van der Waals surface area contributed by atoms with Crippen LogP contribution in [0.1, 0.15) is 10.5 Å². The second-order valence-corrected chi connectivity index (χ2v) is 3.07. The third kappa shape index (κ3) is 1.88. The normalized spacial score (nSPS) is 10.1. The molecule has 0 spiro atoms. The molecule has 0 amide bonds. The number of hydrogen-bond donors (Lipinski definition) is 1. The van der Waals surface area contributed by atoms with E-state index in [4.69, 9.17) is 5.11 Å². The van der Waals surface area contributed by atoms with Gasteiger partial charge in [-0.15, -0.1) is 0 Å². The maximum Gasteiger partial charge on any atom is 0.356 e. The largest absolute Gasteiger partial charge is 0.476 e. The molecule has 0 saturated heterocycles. The molecular weight excluding hydrogens is 211 g/mol. The van der Waals surface area contributed by atoms with Crippen LogP contribution >= 0.6 is 0 Å². The highest BCUT2D eigenvalue weighted by atomic mass is 19.1. The number of aromatic carboxylic acids is 1. The van der Waals surface area contributed by atoms with E-state index in [-0.39, 0.29) is 17.0 Å². The van der Waals surface area contributed by atoms with Gasteiger partial charge in [0, 0.05) is 5.56 Å². The quantitative estimate of drug-likeness (QED) is 0.837. The zero-order valence-corrected chi connectivity index (χ0v) is 8.09. The van der Waals surface area contributed by atoms with Crippen LogP contribution in [0.25, 0.3) is 11.3 Å². The minimum atomic E-state index is -1.19. The summed E-state index contributed by atoms with van der Waals surface area (Å²) in [5.74, 6) is -1.65. The van der Waals surface area contributed by atoms with Crippen molar-refractivity contribution in [2.24, 2.45) is 0 Å². The number of benzene rings is 1. The molecule has 2 aromatic rings. The van der Waals surface area contributed by atoms with Crippen molar-refractivity contribution in [3.63, 3.8) is 0 Å². The molecule has 0 saturated carbocycles. The summed E-state index contributed by atoms with van der Waals surface area (Å²) in [6.45, 7) is 0. The lowest BCUT2D eigenvalue weighted by Gasteiger charge is -2.02. The predicted octanol–water partition coefficient (Wildman–Crippen LogP) is 1.98. The molecule has 0 radical (unpaired) electrons. The zero-order valence-electron chi connectivity index (χ0n) is 8.09. The van der Waals surface area contributed by atoms with Gasteiger partial charge in [0.25, 0.3) is 0 Å². The number of carbonyl (C=O) groups is 1. The van der Waals surface area contributed by atoms with Crippen LogP contribution in [0, 0.1) is 5.82 Å². The summed E-state index contributed by atoms with van der Waals surface area (Å²) < 4.78 is 13.4. The van der Waals surface area contributed by atoms with E-state index < -0.39 is 11.8 Å². The minimum Gasteiger partial charge on any atom is -0.476 e. The van der Waals surface area contributed by atoms with Crippen molar-refractivity contribution in [1.29, 1.82) is 0 Å². The van der Waals surface area contributed by atoms with Gasteiger partial charge in [-0.05, 0) is 12.1 Å². The number of hydrogen-bond acceptors (Lipinski definition) is 3. The predicted molar refractivity (Wildman–Crippen MR) is 54.4 cm³/mol. The third-order valence-corrected chi connectivity index (χ3v) is 2.00. The van der Waals surface area contributed by atoms with Crippen LogP contribution in [-0.2, 0) is 0 Å².